The van der Waals surface area contributed by atoms with Crippen molar-refractivity contribution in [1.82, 2.24) is 49.5 Å². The van der Waals surface area contributed by atoms with E-state index in [0.29, 0.717) is 40.6 Å². The van der Waals surface area contributed by atoms with Gasteiger partial charge in [0.05, 0.1) is 33.8 Å². The summed E-state index contributed by atoms with van der Waals surface area (Å²) < 4.78 is 0. The molecule has 0 bridgehead atoms. The number of likely N-dealkylation sites (tertiary alicyclic amines) is 2. The van der Waals surface area contributed by atoms with Crippen LogP contribution in [0.1, 0.15) is 36.8 Å². The van der Waals surface area contributed by atoms with Crippen LogP contribution in [0.25, 0.3) is 44.3 Å². The number of fused-ring (bicyclic) bond motifs is 2. The van der Waals surface area contributed by atoms with Crippen LogP contribution in [0, 0.1) is 0 Å². The van der Waals surface area contributed by atoms with Crippen LogP contribution >= 0.6 is 23.2 Å². The topological polar surface area (TPSA) is 190 Å². The first-order valence-corrected chi connectivity index (χ1v) is 28.1. The van der Waals surface area contributed by atoms with Gasteiger partial charge in [-0.15, -0.1) is 0 Å². The van der Waals surface area contributed by atoms with Gasteiger partial charge in [-0.05, 0) is 101 Å². The molecule has 0 atom stereocenters. The Bertz CT molecular complexity index is 3360. The molecule has 0 spiro atoms. The van der Waals surface area contributed by atoms with Gasteiger partial charge in [-0.25, -0.2) is 24.7 Å². The Morgan fingerprint density at radius 2 is 1.06 bits per heavy atom. The number of carboxylic acid groups (broad SMARTS) is 1. The van der Waals surface area contributed by atoms with Crippen LogP contribution in [0.15, 0.2) is 146 Å². The van der Waals surface area contributed by atoms with Crippen molar-refractivity contribution in [2.45, 2.75) is 50.9 Å². The molecule has 17 nitrogen and oxygen atoms in total. The number of hydrogen-bond donors (Lipinski definition) is 6. The van der Waals surface area contributed by atoms with Gasteiger partial charge in [0.1, 0.15) is 0 Å². The number of carbonyl (C=O) groups is 2. The van der Waals surface area contributed by atoms with Crippen molar-refractivity contribution in [2.24, 2.45) is 0 Å². The predicted octanol–water partition coefficient (Wildman–Crippen LogP) is 11.0. The van der Waals surface area contributed by atoms with E-state index >= 15 is 0 Å². The molecule has 19 heteroatoms. The minimum Gasteiger partial charge on any atom is -0.478 e. The fourth-order valence-electron chi connectivity index (χ4n) is 9.71. The van der Waals surface area contributed by atoms with Crippen molar-refractivity contribution in [2.75, 3.05) is 102 Å². The summed E-state index contributed by atoms with van der Waals surface area (Å²) in [6.07, 6.45) is 17.7. The van der Waals surface area contributed by atoms with Gasteiger partial charge in [0.25, 0.3) is 0 Å². The summed E-state index contributed by atoms with van der Waals surface area (Å²) in [5, 5.41) is 21.6. The molecule has 10 rings (SSSR count). The molecule has 2 aliphatic rings. The standard InChI is InChI=1S/C31H36ClN7O.C25H27ClN6.C6H11NO2/c1-37(2)16-6-9-29(40)38(3)24-12-10-22(11-13-24)21-39-17-14-23(15-18-39)35-31-34-20-27(32)30(36-31)26-19-33-28-8-5-4-7-25(26)28;1-27-18-8-6-17(7-9-18)16-32-12-10-19(11-13-32)30-25-29-15-22(26)24(31-25)21-14-28-23-5-3-2-4-20(21)23;1-7(2)5-3-4-6(8)9/h4-13,19-20,23,33H,14-18,21H2,1-3H3,(H,34,35,36);2-9,14-15,19,27-28H,10-13,16H2,1H3,(H,29,30,31);3-4H,5H2,1-2H3,(H,8,9)/b9-6+;;4-3+. The number of carbonyl (C=O) groups excluding carboxylic acids is 1. The minimum atomic E-state index is -0.892. The first-order chi connectivity index (χ1) is 39.2. The summed E-state index contributed by atoms with van der Waals surface area (Å²) in [5.74, 6) is 0.323. The van der Waals surface area contributed by atoms with Gasteiger partial charge in [-0.2, -0.15) is 0 Å². The van der Waals surface area contributed by atoms with Crippen LogP contribution in [0.2, 0.25) is 10.0 Å². The minimum absolute atomic E-state index is 0.0255. The molecule has 6 heterocycles. The Labute approximate surface area is 485 Å². The van der Waals surface area contributed by atoms with Gasteiger partial charge in [-0.1, -0.05) is 96.0 Å². The molecule has 2 aliphatic heterocycles. The summed E-state index contributed by atoms with van der Waals surface area (Å²) >= 11 is 13.0. The number of nitrogens with zero attached hydrogens (tertiary/aromatic N) is 9. The Hall–Kier alpha value is -7.64. The number of carboxylic acids is 1. The Morgan fingerprint density at radius 3 is 1.49 bits per heavy atom. The molecule has 2 saturated heterocycles. The monoisotopic (exact) mass is 1130 g/mol. The van der Waals surface area contributed by atoms with E-state index in [4.69, 9.17) is 38.3 Å². The number of aromatic nitrogens is 6. The first-order valence-electron chi connectivity index (χ1n) is 27.3. The van der Waals surface area contributed by atoms with Crippen LogP contribution in [-0.2, 0) is 22.7 Å². The van der Waals surface area contributed by atoms with Crippen LogP contribution in [0.4, 0.5) is 23.3 Å². The quantitative estimate of drug-likeness (QED) is 0.0445. The predicted molar refractivity (Wildman–Crippen MR) is 331 cm³/mol. The summed E-state index contributed by atoms with van der Waals surface area (Å²) in [5.41, 5.74) is 10.2. The molecule has 424 valence electrons. The molecule has 4 aromatic heterocycles. The number of aliphatic carboxylic acids is 1. The zero-order valence-corrected chi connectivity index (χ0v) is 48.6. The number of piperidine rings is 2. The molecule has 6 N–H and O–H groups in total. The van der Waals surface area contributed by atoms with Crippen molar-refractivity contribution >= 4 is 80.2 Å². The third-order valence-corrected chi connectivity index (χ3v) is 14.7. The number of halogens is 2. The lowest BCUT2D eigenvalue weighted by atomic mass is 10.0. The highest BCUT2D eigenvalue weighted by Crippen LogP contribution is 2.34. The van der Waals surface area contributed by atoms with E-state index in [1.165, 1.54) is 11.1 Å². The molecule has 81 heavy (non-hydrogen) atoms. The van der Waals surface area contributed by atoms with Gasteiger partial charge in [0.2, 0.25) is 17.8 Å². The summed E-state index contributed by atoms with van der Waals surface area (Å²) in [6, 6.07) is 33.9. The second-order valence-electron chi connectivity index (χ2n) is 20.8. The maximum atomic E-state index is 12.4. The second kappa shape index (κ2) is 29.2. The van der Waals surface area contributed by atoms with Crippen LogP contribution in [0.5, 0.6) is 0 Å². The lowest BCUT2D eigenvalue weighted by Gasteiger charge is -2.32. The van der Waals surface area contributed by atoms with Crippen LogP contribution in [-0.4, -0.2) is 160 Å². The lowest BCUT2D eigenvalue weighted by molar-refractivity contribution is -0.131. The van der Waals surface area contributed by atoms with Crippen LogP contribution in [0.3, 0.4) is 0 Å². The van der Waals surface area contributed by atoms with Crippen molar-refractivity contribution in [1.29, 1.82) is 0 Å². The fourth-order valence-corrected chi connectivity index (χ4v) is 10.1. The summed E-state index contributed by atoms with van der Waals surface area (Å²) in [4.78, 5) is 57.9. The van der Waals surface area contributed by atoms with Crippen LogP contribution < -0.4 is 20.9 Å². The zero-order valence-electron chi connectivity index (χ0n) is 47.0. The first kappa shape index (κ1) is 59.5. The third-order valence-electron chi connectivity index (χ3n) is 14.2. The maximum Gasteiger partial charge on any atom is 0.328 e. The molecule has 4 aromatic carbocycles. The molecular weight excluding hydrogens is 1060 g/mol. The van der Waals surface area contributed by atoms with Crippen molar-refractivity contribution < 1.29 is 14.7 Å². The number of aromatic amines is 2. The van der Waals surface area contributed by atoms with Gasteiger partial charge in [0.15, 0.2) is 0 Å². The molecule has 1 amide bonds. The smallest absolute Gasteiger partial charge is 0.328 e. The van der Waals surface area contributed by atoms with Crippen molar-refractivity contribution in [3.63, 3.8) is 0 Å². The van der Waals surface area contributed by atoms with Gasteiger partial charge in [-0.3, -0.25) is 14.6 Å². The normalized spacial score (nSPS) is 14.5. The molecule has 2 fully saturated rings. The second-order valence-corrected chi connectivity index (χ2v) is 21.7. The highest BCUT2D eigenvalue weighted by molar-refractivity contribution is 6.33. The van der Waals surface area contributed by atoms with E-state index < -0.39 is 5.97 Å². The van der Waals surface area contributed by atoms with E-state index in [1.54, 1.807) is 29.4 Å². The fraction of sp³-hybridized carbons (Fsp3) is 0.323. The number of para-hydroxylation sites is 2. The zero-order chi connectivity index (χ0) is 57.3. The maximum absolute atomic E-state index is 12.4. The highest BCUT2D eigenvalue weighted by Gasteiger charge is 2.23. The van der Waals surface area contributed by atoms with Crippen molar-refractivity contribution in [3.8, 4) is 22.5 Å². The number of nitrogens with one attached hydrogen (secondary N) is 5. The van der Waals surface area contributed by atoms with Crippen molar-refractivity contribution in [3.05, 3.63) is 167 Å². The molecule has 0 unspecified atom stereocenters. The number of amides is 1. The Balaban J connectivity index is 0.000000188. The third kappa shape index (κ3) is 17.2. The molecule has 0 aliphatic carbocycles. The SMILES string of the molecule is CN(C)C/C=C/C(=O)N(C)c1ccc(CN2CCC(Nc3ncc(Cl)c(-c4c[nH]c5ccccc45)n3)CC2)cc1.CN(C)C/C=C/C(=O)O.CNc1ccc(CN2CCC(Nc3ncc(Cl)c(-c4c[nH]c5ccccc45)n3)CC2)cc1. The average Bonchev–Trinajstić information content (AvgIpc) is 4.16. The average molecular weight is 1130 g/mol. The summed E-state index contributed by atoms with van der Waals surface area (Å²) in [7, 11) is 11.5. The van der Waals surface area contributed by atoms with E-state index in [2.05, 4.69) is 100 Å². The molecule has 0 saturated carbocycles. The Morgan fingerprint density at radius 1 is 0.630 bits per heavy atom. The highest BCUT2D eigenvalue weighted by atomic mass is 35.5. The summed E-state index contributed by atoms with van der Waals surface area (Å²) in [6.45, 7) is 7.35. The number of benzene rings is 4. The largest absolute Gasteiger partial charge is 0.478 e. The number of hydrogen-bond acceptors (Lipinski definition) is 13. The Kier molecular flexibility index (Phi) is 21.4. The molecule has 8 aromatic rings. The number of anilines is 4. The van der Waals surface area contributed by atoms with Gasteiger partial charge < -0.3 is 45.7 Å². The number of rotatable bonds is 18. The van der Waals surface area contributed by atoms with E-state index in [0.717, 1.165) is 133 Å². The number of likely N-dealkylation sites (N-methyl/N-ethyl adjacent to an activating group) is 3. The number of H-pyrrole nitrogens is 2. The van der Waals surface area contributed by atoms with Gasteiger partial charge in [0, 0.05) is 147 Å². The van der Waals surface area contributed by atoms with E-state index in [1.807, 2.05) is 113 Å². The lowest BCUT2D eigenvalue weighted by Crippen LogP contribution is -2.39. The molecule has 0 radical (unpaired) electrons. The molecular formula is C62H74Cl2N14O3. The van der Waals surface area contributed by atoms with E-state index in [9.17, 15) is 9.59 Å². The van der Waals surface area contributed by atoms with E-state index in [-0.39, 0.29) is 5.91 Å². The van der Waals surface area contributed by atoms with Gasteiger partial charge >= 0.3 is 5.97 Å².